The first-order chi connectivity index (χ1) is 23.9. The van der Waals surface area contributed by atoms with Gasteiger partial charge in [-0.3, -0.25) is 4.98 Å². The first kappa shape index (κ1) is 36.2. The molecule has 3 aromatic heterocycles. The van der Waals surface area contributed by atoms with Crippen LogP contribution in [0.5, 0.6) is 0 Å². The van der Waals surface area contributed by atoms with Crippen LogP contribution < -0.4 is 5.19 Å². The Kier molecular flexibility index (Phi) is 10.1. The van der Waals surface area contributed by atoms with Gasteiger partial charge in [0.25, 0.3) is 0 Å². The summed E-state index contributed by atoms with van der Waals surface area (Å²) in [4.78, 5) is 9.68. The SMILES string of the molecule is CC(C)(C)c1ccccc1-n1c(-c2[c-]ccc3c2oc2ccccc23)nc2ccccc21.Cc1c[c-]c(-c2cc(C)c([Si](C)(C)C)cn2)cc1.[Ir]. The van der Waals surface area contributed by atoms with Gasteiger partial charge in [-0.2, -0.15) is 0 Å². The van der Waals surface area contributed by atoms with Crippen LogP contribution in [0.1, 0.15) is 37.5 Å². The quantitative estimate of drug-likeness (QED) is 0.131. The maximum atomic E-state index is 6.34. The van der Waals surface area contributed by atoms with Crippen molar-refractivity contribution in [1.82, 2.24) is 14.5 Å². The third-order valence-electron chi connectivity index (χ3n) is 9.24. The zero-order valence-electron chi connectivity index (χ0n) is 30.6. The van der Waals surface area contributed by atoms with Crippen molar-refractivity contribution in [1.29, 1.82) is 0 Å². The zero-order valence-corrected chi connectivity index (χ0v) is 33.9. The van der Waals surface area contributed by atoms with E-state index in [0.717, 1.165) is 61.3 Å². The van der Waals surface area contributed by atoms with Gasteiger partial charge in [-0.05, 0) is 53.0 Å². The Hall–Kier alpha value is -4.61. The van der Waals surface area contributed by atoms with Crippen molar-refractivity contribution < 1.29 is 24.5 Å². The van der Waals surface area contributed by atoms with Crippen molar-refractivity contribution in [2.75, 3.05) is 0 Å². The van der Waals surface area contributed by atoms with Crippen LogP contribution in [-0.4, -0.2) is 22.6 Å². The average Bonchev–Trinajstić information content (AvgIpc) is 3.67. The molecule has 0 spiro atoms. The van der Waals surface area contributed by atoms with Crippen molar-refractivity contribution in [3.8, 4) is 28.3 Å². The number of furan rings is 1. The summed E-state index contributed by atoms with van der Waals surface area (Å²) in [5, 5.41) is 3.63. The molecule has 0 aliphatic rings. The van der Waals surface area contributed by atoms with Crippen LogP contribution in [-0.2, 0) is 25.5 Å². The van der Waals surface area contributed by atoms with Gasteiger partial charge in [-0.15, -0.1) is 53.6 Å². The van der Waals surface area contributed by atoms with Gasteiger partial charge in [-0.1, -0.05) is 118 Å². The molecule has 0 aliphatic carbocycles. The number of aryl methyl sites for hydroxylation is 2. The van der Waals surface area contributed by atoms with Crippen molar-refractivity contribution in [2.45, 2.75) is 59.7 Å². The second-order valence-corrected chi connectivity index (χ2v) is 20.2. The van der Waals surface area contributed by atoms with E-state index in [1.807, 2.05) is 36.4 Å². The second kappa shape index (κ2) is 14.2. The summed E-state index contributed by atoms with van der Waals surface area (Å²) in [6, 6.07) is 44.2. The molecule has 0 saturated carbocycles. The number of pyridine rings is 1. The predicted octanol–water partition coefficient (Wildman–Crippen LogP) is 11.4. The first-order valence-electron chi connectivity index (χ1n) is 17.3. The Labute approximate surface area is 316 Å². The Morgan fingerprint density at radius 1 is 0.784 bits per heavy atom. The molecule has 0 N–H and O–H groups in total. The van der Waals surface area contributed by atoms with Crippen LogP contribution in [0.3, 0.4) is 0 Å². The third-order valence-corrected chi connectivity index (χ3v) is 11.4. The molecule has 6 heteroatoms. The Morgan fingerprint density at radius 2 is 1.51 bits per heavy atom. The second-order valence-electron chi connectivity index (χ2n) is 15.1. The van der Waals surface area contributed by atoms with E-state index in [2.05, 4.69) is 155 Å². The van der Waals surface area contributed by atoms with E-state index in [0.29, 0.717) is 0 Å². The van der Waals surface area contributed by atoms with Gasteiger partial charge in [0.2, 0.25) is 0 Å². The minimum Gasteiger partial charge on any atom is -0.501 e. The fourth-order valence-corrected chi connectivity index (χ4v) is 8.45. The zero-order chi connectivity index (χ0) is 35.2. The predicted molar refractivity (Wildman–Crippen MR) is 212 cm³/mol. The van der Waals surface area contributed by atoms with E-state index in [1.165, 1.54) is 21.9 Å². The van der Waals surface area contributed by atoms with Crippen molar-refractivity contribution in [3.05, 3.63) is 144 Å². The fraction of sp³-hybridized carbons (Fsp3) is 0.200. The molecule has 8 aromatic rings. The summed E-state index contributed by atoms with van der Waals surface area (Å²) in [7, 11) is -1.28. The van der Waals surface area contributed by atoms with Crippen molar-refractivity contribution in [2.24, 2.45) is 0 Å². The third kappa shape index (κ3) is 7.14. The number of hydrogen-bond donors (Lipinski definition) is 0. The molecule has 8 rings (SSSR count). The Bertz CT molecular complexity index is 2480. The standard InChI is InChI=1S/C29H23N2O.C16H20NSi.Ir/c1-29(2,3)22-14-5-7-16-24(22)31-25-17-8-6-15-23(25)30-28(31)21-13-10-12-20-19-11-4-9-18-26(19)32-27(20)21;1-12-6-8-14(9-7-12)15-10-13(2)16(11-17-15)18(3,4)5;/h4-12,14-18H,1-3H3;6-8,10-11H,1-5H3;/q2*-1;. The van der Waals surface area contributed by atoms with E-state index < -0.39 is 8.07 Å². The summed E-state index contributed by atoms with van der Waals surface area (Å²) in [6.45, 7) is 18.1. The minimum atomic E-state index is -1.28. The number of imidazole rings is 1. The number of para-hydroxylation sites is 4. The van der Waals surface area contributed by atoms with Gasteiger partial charge >= 0.3 is 0 Å². The molecule has 0 atom stereocenters. The van der Waals surface area contributed by atoms with Gasteiger partial charge in [0.05, 0.1) is 30.5 Å². The van der Waals surface area contributed by atoms with Gasteiger partial charge in [0.15, 0.2) is 0 Å². The molecule has 5 aromatic carbocycles. The summed E-state index contributed by atoms with van der Waals surface area (Å²) < 4.78 is 8.60. The van der Waals surface area contributed by atoms with Gasteiger partial charge in [0.1, 0.15) is 5.58 Å². The molecule has 3 heterocycles. The molecule has 259 valence electrons. The summed E-state index contributed by atoms with van der Waals surface area (Å²) in [5.41, 5.74) is 11.6. The minimum absolute atomic E-state index is 0. The van der Waals surface area contributed by atoms with Gasteiger partial charge < -0.3 is 14.0 Å². The average molecular weight is 862 g/mol. The van der Waals surface area contributed by atoms with E-state index >= 15 is 0 Å². The van der Waals surface area contributed by atoms with E-state index in [-0.39, 0.29) is 25.5 Å². The van der Waals surface area contributed by atoms with Crippen molar-refractivity contribution in [3.63, 3.8) is 0 Å². The topological polar surface area (TPSA) is 43.9 Å². The van der Waals surface area contributed by atoms with Crippen LogP contribution in [0.2, 0.25) is 19.6 Å². The molecule has 51 heavy (non-hydrogen) atoms. The maximum Gasteiger partial charge on any atom is 0.120 e. The number of rotatable bonds is 4. The molecule has 4 nitrogen and oxygen atoms in total. The van der Waals surface area contributed by atoms with Crippen LogP contribution in [0, 0.1) is 26.0 Å². The van der Waals surface area contributed by atoms with Crippen molar-refractivity contribution >= 4 is 46.2 Å². The maximum absolute atomic E-state index is 6.34. The Balaban J connectivity index is 0.000000202. The molecule has 0 aliphatic heterocycles. The van der Waals surface area contributed by atoms with E-state index in [4.69, 9.17) is 9.40 Å². The first-order valence-corrected chi connectivity index (χ1v) is 20.8. The van der Waals surface area contributed by atoms with Gasteiger partial charge in [-0.25, -0.2) is 0 Å². The number of hydrogen-bond acceptors (Lipinski definition) is 3. The summed E-state index contributed by atoms with van der Waals surface area (Å²) >= 11 is 0. The van der Waals surface area contributed by atoms with Gasteiger partial charge in [0, 0.05) is 37.4 Å². The number of fused-ring (bicyclic) bond motifs is 4. The molecular weight excluding hydrogens is 819 g/mol. The molecule has 1 radical (unpaired) electrons. The van der Waals surface area contributed by atoms with E-state index in [1.54, 1.807) is 0 Å². The molecule has 0 amide bonds. The molecule has 0 unspecified atom stereocenters. The van der Waals surface area contributed by atoms with Crippen LogP contribution in [0.15, 0.2) is 120 Å². The monoisotopic (exact) mass is 862 g/mol. The molecular formula is C45H43IrN3OSi-2. The van der Waals surface area contributed by atoms with Crippen LogP contribution >= 0.6 is 0 Å². The Morgan fingerprint density at radius 3 is 2.24 bits per heavy atom. The normalized spacial score (nSPS) is 11.8. The fourth-order valence-electron chi connectivity index (χ4n) is 6.75. The number of nitrogens with zero attached hydrogens (tertiary/aromatic N) is 3. The smallest absolute Gasteiger partial charge is 0.120 e. The molecule has 0 fully saturated rings. The number of aromatic nitrogens is 3. The van der Waals surface area contributed by atoms with E-state index in [9.17, 15) is 0 Å². The summed E-state index contributed by atoms with van der Waals surface area (Å²) in [5.74, 6) is 0.840. The molecule has 0 bridgehead atoms. The largest absolute Gasteiger partial charge is 0.501 e. The number of benzene rings is 5. The molecule has 0 saturated heterocycles. The van der Waals surface area contributed by atoms with Crippen LogP contribution in [0.4, 0.5) is 0 Å². The van der Waals surface area contributed by atoms with Crippen LogP contribution in [0.25, 0.3) is 61.3 Å². The summed E-state index contributed by atoms with van der Waals surface area (Å²) in [6.07, 6.45) is 2.06.